The van der Waals surface area contributed by atoms with E-state index in [1.54, 1.807) is 113 Å². The van der Waals surface area contributed by atoms with Crippen molar-refractivity contribution in [2.45, 2.75) is 26.7 Å². The van der Waals surface area contributed by atoms with Crippen LogP contribution >= 0.6 is 42.0 Å². The zero-order valence-corrected chi connectivity index (χ0v) is 35.0. The monoisotopic (exact) mass is 1010 g/mol. The Balaban J connectivity index is 0.000000343. The summed E-state index contributed by atoms with van der Waals surface area (Å²) in [5.74, 6) is -1.17. The number of hydrogen-bond donors (Lipinski definition) is 2. The van der Waals surface area contributed by atoms with Crippen LogP contribution in [-0.4, -0.2) is 57.3 Å². The van der Waals surface area contributed by atoms with Gasteiger partial charge >= 0.3 is 47.3 Å². The molecule has 6 N–H and O–H groups in total. The van der Waals surface area contributed by atoms with Gasteiger partial charge in [0.25, 0.3) is 11.8 Å². The second kappa shape index (κ2) is 21.1. The van der Waals surface area contributed by atoms with Crippen molar-refractivity contribution in [2.24, 2.45) is 0 Å². The fourth-order valence-corrected chi connectivity index (χ4v) is 6.15. The molecule has 0 saturated heterocycles. The molecule has 6 rings (SSSR count). The molecule has 0 aliphatic carbocycles. The molecule has 0 fully saturated rings. The Kier molecular flexibility index (Phi) is 17.9. The molecular formula is C38H36Cl4N4O8Pt. The van der Waals surface area contributed by atoms with Crippen LogP contribution in [0.2, 0.25) is 10.0 Å². The summed E-state index contributed by atoms with van der Waals surface area (Å²) in [4.78, 5) is 48.5. The van der Waals surface area contributed by atoms with Crippen molar-refractivity contribution in [2.75, 3.05) is 14.2 Å². The minimum atomic E-state index is -0.955. The van der Waals surface area contributed by atoms with Crippen LogP contribution in [0.4, 0.5) is 0 Å². The van der Waals surface area contributed by atoms with E-state index in [1.165, 1.54) is 9.13 Å². The quantitative estimate of drug-likeness (QED) is 0.150. The first-order valence-electron chi connectivity index (χ1n) is 15.5. The minimum Gasteiger partial charge on any atom is -0.693 e. The number of ether oxygens (including phenoxy) is 2. The zero-order valence-electron chi connectivity index (χ0n) is 29.7. The molecule has 0 bridgehead atoms. The van der Waals surface area contributed by atoms with E-state index in [4.69, 9.17) is 51.5 Å². The van der Waals surface area contributed by atoms with Gasteiger partial charge in [-0.2, -0.15) is 0 Å². The van der Waals surface area contributed by atoms with Crippen molar-refractivity contribution >= 4 is 87.6 Å². The van der Waals surface area contributed by atoms with Gasteiger partial charge in [-0.3, -0.25) is 28.3 Å². The third-order valence-electron chi connectivity index (χ3n) is 8.33. The predicted molar refractivity (Wildman–Crippen MR) is 214 cm³/mol. The summed E-state index contributed by atoms with van der Waals surface area (Å²) in [6.45, 7) is 3.50. The Morgan fingerprint density at radius 2 is 0.909 bits per heavy atom. The second-order valence-electron chi connectivity index (χ2n) is 11.4. The minimum absolute atomic E-state index is 0. The SMILES string of the molecule is COc1ccc2c(c1)c(CC(=O)O)c(C)n2C(=O)c1ccc(Cl)cc1.COc1ccc2c(c1)c(CC(=O)O)c(C)n2C(=O)c1ccc(Cl)cc1.[Cl][Pt+2][Cl].[NH2-].[NH2-]. The maximum absolute atomic E-state index is 13.0. The molecule has 2 heterocycles. The summed E-state index contributed by atoms with van der Waals surface area (Å²) in [7, 11) is 12.8. The largest absolute Gasteiger partial charge is 0.693 e. The molecule has 2 aromatic heterocycles. The van der Waals surface area contributed by atoms with Crippen LogP contribution < -0.4 is 9.47 Å². The average molecular weight is 1010 g/mol. The van der Waals surface area contributed by atoms with Gasteiger partial charge in [0.2, 0.25) is 0 Å². The Hall–Kier alpha value is -4.39. The van der Waals surface area contributed by atoms with Crippen LogP contribution in [-0.2, 0) is 38.9 Å². The number of halogens is 4. The Bertz CT molecular complexity index is 2150. The number of nitrogens with zero attached hydrogens (tertiary/aromatic N) is 2. The number of carboxylic acid groups (broad SMARTS) is 2. The Morgan fingerprint density at radius 3 is 1.18 bits per heavy atom. The van der Waals surface area contributed by atoms with E-state index in [1.807, 2.05) is 0 Å². The smallest absolute Gasteiger partial charge is 0.693 e. The van der Waals surface area contributed by atoms with Crippen LogP contribution in [0, 0.1) is 13.8 Å². The van der Waals surface area contributed by atoms with Crippen LogP contribution in [0.5, 0.6) is 11.5 Å². The predicted octanol–water partition coefficient (Wildman–Crippen LogP) is 10.7. The maximum atomic E-state index is 13.0. The number of nitrogens with two attached hydrogens (primary N) is 2. The van der Waals surface area contributed by atoms with Crippen molar-refractivity contribution in [1.82, 2.24) is 9.13 Å². The number of hydrogen-bond acceptors (Lipinski definition) is 6. The van der Waals surface area contributed by atoms with Crippen molar-refractivity contribution in [3.63, 3.8) is 0 Å². The molecule has 0 unspecified atom stereocenters. The van der Waals surface area contributed by atoms with Gasteiger partial charge in [-0.25, -0.2) is 0 Å². The fourth-order valence-electron chi connectivity index (χ4n) is 5.89. The van der Waals surface area contributed by atoms with Gasteiger partial charge in [0.15, 0.2) is 0 Å². The number of aliphatic carboxylic acids is 2. The molecule has 0 aliphatic heterocycles. The zero-order chi connectivity index (χ0) is 39.0. The first kappa shape index (κ1) is 46.8. The van der Waals surface area contributed by atoms with Gasteiger partial charge in [0.05, 0.1) is 38.1 Å². The number of carbonyl (C=O) groups is 4. The molecule has 294 valence electrons. The van der Waals surface area contributed by atoms with Gasteiger partial charge in [-0.05, 0) is 110 Å². The van der Waals surface area contributed by atoms with E-state index in [0.29, 0.717) is 77.0 Å². The second-order valence-corrected chi connectivity index (χ2v) is 15.5. The van der Waals surface area contributed by atoms with E-state index in [-0.39, 0.29) is 37.0 Å². The summed E-state index contributed by atoms with van der Waals surface area (Å²) in [6.07, 6.45) is -0.340. The molecule has 0 saturated carbocycles. The molecule has 4 aromatic carbocycles. The van der Waals surface area contributed by atoms with Gasteiger partial charge in [0, 0.05) is 43.3 Å². The molecule has 0 radical (unpaired) electrons. The van der Waals surface area contributed by atoms with Gasteiger partial charge in [-0.1, -0.05) is 23.2 Å². The first-order valence-corrected chi connectivity index (χ1v) is 21.9. The van der Waals surface area contributed by atoms with E-state index in [0.717, 1.165) is 0 Å². The molecule has 0 atom stereocenters. The number of fused-ring (bicyclic) bond motifs is 2. The van der Waals surface area contributed by atoms with Crippen molar-refractivity contribution in [1.29, 1.82) is 0 Å². The number of benzene rings is 4. The number of methoxy groups -OCH3 is 2. The topological polar surface area (TPSA) is 204 Å². The Morgan fingerprint density at radius 1 is 0.600 bits per heavy atom. The van der Waals surface area contributed by atoms with Gasteiger partial charge in [0.1, 0.15) is 11.5 Å². The van der Waals surface area contributed by atoms with E-state index in [2.05, 4.69) is 0 Å². The molecular weight excluding hydrogens is 977 g/mol. The van der Waals surface area contributed by atoms with Gasteiger partial charge < -0.3 is 32.0 Å². The summed E-state index contributed by atoms with van der Waals surface area (Å²) >= 11 is 11.3. The normalized spacial score (nSPS) is 10.3. The molecule has 6 aromatic rings. The first-order chi connectivity index (χ1) is 25.3. The molecule has 0 aliphatic rings. The van der Waals surface area contributed by atoms with Crippen LogP contribution in [0.3, 0.4) is 0 Å². The van der Waals surface area contributed by atoms with Crippen molar-refractivity contribution < 1.29 is 55.3 Å². The Labute approximate surface area is 343 Å². The maximum Gasteiger partial charge on any atom is -0.693 e. The summed E-state index contributed by atoms with van der Waals surface area (Å²) in [5.41, 5.74) is 4.65. The standard InChI is InChI=1S/2C19H16ClNO4.2ClH.2H2N.Pt/c2*1-11-15(10-18(22)23)16-9-14(25-2)7-8-17(16)21(11)19(24)12-3-5-13(20)6-4-12;;;;;/h2*3-9H,10H2,1-2H3,(H,22,23);2*1H;2*1H2;/q;;;;2*-1;+4/p-2. The molecule has 0 spiro atoms. The molecule has 17 heteroatoms. The summed E-state index contributed by atoms with van der Waals surface area (Å²) in [5, 5.41) is 20.9. The number of rotatable bonds is 8. The third-order valence-corrected chi connectivity index (χ3v) is 8.83. The van der Waals surface area contributed by atoms with E-state index in [9.17, 15) is 29.4 Å². The van der Waals surface area contributed by atoms with E-state index < -0.39 is 28.4 Å². The van der Waals surface area contributed by atoms with Crippen LogP contribution in [0.15, 0.2) is 84.9 Å². The molecule has 0 amide bonds. The van der Waals surface area contributed by atoms with Crippen LogP contribution in [0.25, 0.3) is 34.1 Å². The van der Waals surface area contributed by atoms with Crippen LogP contribution in [0.1, 0.15) is 43.2 Å². The van der Waals surface area contributed by atoms with E-state index >= 15 is 0 Å². The molecule has 55 heavy (non-hydrogen) atoms. The van der Waals surface area contributed by atoms with Crippen molar-refractivity contribution in [3.8, 4) is 11.5 Å². The number of carboxylic acids is 2. The average Bonchev–Trinajstić information content (AvgIpc) is 3.56. The van der Waals surface area contributed by atoms with Crippen molar-refractivity contribution in [3.05, 3.63) is 141 Å². The number of aromatic nitrogens is 2. The third kappa shape index (κ3) is 10.9. The fraction of sp³-hybridized carbons (Fsp3) is 0.158. The molecule has 12 nitrogen and oxygen atoms in total. The van der Waals surface area contributed by atoms with Gasteiger partial charge in [-0.15, -0.1) is 0 Å². The summed E-state index contributed by atoms with van der Waals surface area (Å²) in [6, 6.07) is 23.7. The number of carbonyl (C=O) groups excluding carboxylic acids is 2. The summed E-state index contributed by atoms with van der Waals surface area (Å²) < 4.78 is 13.5.